The van der Waals surface area contributed by atoms with Gasteiger partial charge in [-0.3, -0.25) is 9.69 Å². The number of likely N-dealkylation sites (N-methyl/N-ethyl adjacent to an activating group) is 1. The van der Waals surface area contributed by atoms with Crippen LogP contribution in [0, 0.1) is 0 Å². The van der Waals surface area contributed by atoms with E-state index in [9.17, 15) is 9.59 Å². The largest absolute Gasteiger partial charge is 0.465 e. The number of carbonyl (C=O) groups is 2. The number of rotatable bonds is 5. The summed E-state index contributed by atoms with van der Waals surface area (Å²) in [5, 5.41) is 0.641. The molecule has 1 amide bonds. The average molecular weight is 433 g/mol. The number of ether oxygens (including phenoxy) is 1. The fourth-order valence-electron chi connectivity index (χ4n) is 3.12. The van der Waals surface area contributed by atoms with E-state index in [4.69, 9.17) is 9.15 Å². The highest BCUT2D eigenvalue weighted by Gasteiger charge is 2.32. The first-order valence-electron chi connectivity index (χ1n) is 9.72. The van der Waals surface area contributed by atoms with E-state index in [2.05, 4.69) is 4.99 Å². The van der Waals surface area contributed by atoms with Crippen molar-refractivity contribution in [2.45, 2.75) is 6.92 Å². The van der Waals surface area contributed by atoms with Crippen molar-refractivity contribution in [2.75, 3.05) is 13.7 Å². The Balaban J connectivity index is 1.60. The van der Waals surface area contributed by atoms with Gasteiger partial charge in [-0.15, -0.1) is 0 Å². The maximum absolute atomic E-state index is 12.8. The van der Waals surface area contributed by atoms with Crippen LogP contribution >= 0.6 is 11.8 Å². The van der Waals surface area contributed by atoms with Crippen molar-refractivity contribution >= 4 is 40.6 Å². The quantitative estimate of drug-likeness (QED) is 0.401. The number of carbonyl (C=O) groups excluding carboxylic acids is 2. The summed E-state index contributed by atoms with van der Waals surface area (Å²) in [6.45, 7) is 2.44. The van der Waals surface area contributed by atoms with Crippen LogP contribution in [-0.2, 0) is 9.53 Å². The van der Waals surface area contributed by atoms with E-state index in [-0.39, 0.29) is 5.91 Å². The highest BCUT2D eigenvalue weighted by Crippen LogP contribution is 2.35. The molecule has 6 nitrogen and oxygen atoms in total. The summed E-state index contributed by atoms with van der Waals surface area (Å²) in [5.41, 5.74) is 1.99. The molecule has 1 aliphatic rings. The van der Waals surface area contributed by atoms with Gasteiger partial charge in [-0.1, -0.05) is 30.3 Å². The predicted octanol–water partition coefficient (Wildman–Crippen LogP) is 5.36. The third-order valence-corrected chi connectivity index (χ3v) is 5.66. The molecule has 0 aliphatic carbocycles. The Morgan fingerprint density at radius 3 is 2.68 bits per heavy atom. The van der Waals surface area contributed by atoms with Crippen molar-refractivity contribution in [1.29, 1.82) is 0 Å². The number of esters is 1. The summed E-state index contributed by atoms with van der Waals surface area (Å²) < 4.78 is 10.7. The van der Waals surface area contributed by atoms with Crippen LogP contribution in [0.25, 0.3) is 17.4 Å². The minimum absolute atomic E-state index is 0.104. The molecule has 0 N–H and O–H groups in total. The number of para-hydroxylation sites is 1. The second-order valence-electron chi connectivity index (χ2n) is 6.66. The molecule has 4 rings (SSSR count). The van der Waals surface area contributed by atoms with Crippen LogP contribution in [0.4, 0.5) is 5.69 Å². The first-order chi connectivity index (χ1) is 15.1. The maximum atomic E-state index is 12.8. The van der Waals surface area contributed by atoms with Crippen molar-refractivity contribution in [2.24, 2.45) is 4.99 Å². The number of amidine groups is 1. The van der Waals surface area contributed by atoms with E-state index in [1.54, 1.807) is 35.2 Å². The zero-order chi connectivity index (χ0) is 21.8. The van der Waals surface area contributed by atoms with E-state index in [1.165, 1.54) is 18.9 Å². The van der Waals surface area contributed by atoms with Gasteiger partial charge in [-0.25, -0.2) is 9.79 Å². The molecule has 0 unspecified atom stereocenters. The molecule has 0 radical (unpaired) electrons. The van der Waals surface area contributed by atoms with Crippen LogP contribution in [0.5, 0.6) is 0 Å². The van der Waals surface area contributed by atoms with Crippen molar-refractivity contribution in [1.82, 2.24) is 4.90 Å². The lowest BCUT2D eigenvalue weighted by Gasteiger charge is -2.11. The van der Waals surface area contributed by atoms with E-state index in [0.717, 1.165) is 11.3 Å². The number of benzene rings is 2. The molecule has 156 valence electrons. The number of nitrogens with zero attached hydrogens (tertiary/aromatic N) is 2. The van der Waals surface area contributed by atoms with E-state index < -0.39 is 5.97 Å². The third kappa shape index (κ3) is 4.46. The monoisotopic (exact) mass is 432 g/mol. The Bertz CT molecular complexity index is 1180. The van der Waals surface area contributed by atoms with Gasteiger partial charge in [0.2, 0.25) is 0 Å². The third-order valence-electron chi connectivity index (χ3n) is 4.65. The first-order valence-corrected chi connectivity index (χ1v) is 10.5. The lowest BCUT2D eigenvalue weighted by molar-refractivity contribution is -0.122. The van der Waals surface area contributed by atoms with E-state index in [1.807, 2.05) is 49.4 Å². The van der Waals surface area contributed by atoms with Crippen LogP contribution < -0.4 is 0 Å². The summed E-state index contributed by atoms with van der Waals surface area (Å²) in [6.07, 6.45) is 1.72. The number of hydrogen-bond acceptors (Lipinski definition) is 6. The van der Waals surface area contributed by atoms with Crippen LogP contribution in [0.3, 0.4) is 0 Å². The maximum Gasteiger partial charge on any atom is 0.337 e. The zero-order valence-electron chi connectivity index (χ0n) is 17.1. The number of methoxy groups -OCH3 is 1. The number of hydrogen-bond donors (Lipinski definition) is 0. The van der Waals surface area contributed by atoms with Crippen LogP contribution in [0.15, 0.2) is 81.0 Å². The van der Waals surface area contributed by atoms with E-state index >= 15 is 0 Å². The fraction of sp³-hybridized carbons (Fsp3) is 0.125. The summed E-state index contributed by atoms with van der Waals surface area (Å²) >= 11 is 1.32. The molecular formula is C24H20N2O4S. The van der Waals surface area contributed by atoms with Gasteiger partial charge in [0, 0.05) is 18.2 Å². The molecule has 7 heteroatoms. The van der Waals surface area contributed by atoms with Gasteiger partial charge in [0.05, 0.1) is 23.3 Å². The van der Waals surface area contributed by atoms with E-state index in [0.29, 0.717) is 33.7 Å². The van der Waals surface area contributed by atoms with Gasteiger partial charge in [-0.05, 0) is 55.1 Å². The minimum Gasteiger partial charge on any atom is -0.465 e. The normalized spacial score (nSPS) is 16.3. The van der Waals surface area contributed by atoms with Crippen LogP contribution in [0.1, 0.15) is 23.0 Å². The minimum atomic E-state index is -0.409. The van der Waals surface area contributed by atoms with Crippen molar-refractivity contribution in [3.8, 4) is 11.3 Å². The molecule has 1 fully saturated rings. The molecule has 2 aromatic carbocycles. The lowest BCUT2D eigenvalue weighted by atomic mass is 10.1. The number of amides is 1. The van der Waals surface area contributed by atoms with Crippen LogP contribution in [0.2, 0.25) is 0 Å². The summed E-state index contributed by atoms with van der Waals surface area (Å²) in [5.74, 6) is 0.631. The van der Waals surface area contributed by atoms with Crippen molar-refractivity contribution in [3.63, 3.8) is 0 Å². The molecule has 1 aliphatic heterocycles. The second kappa shape index (κ2) is 9.06. The Labute approximate surface area is 184 Å². The lowest BCUT2D eigenvalue weighted by Crippen LogP contribution is -2.28. The highest BCUT2D eigenvalue weighted by molar-refractivity contribution is 8.18. The molecule has 31 heavy (non-hydrogen) atoms. The molecule has 1 saturated heterocycles. The Kier molecular flexibility index (Phi) is 6.04. The van der Waals surface area contributed by atoms with Gasteiger partial charge >= 0.3 is 5.97 Å². The molecule has 0 saturated carbocycles. The first kappa shape index (κ1) is 20.7. The molecular weight excluding hydrogens is 412 g/mol. The van der Waals surface area contributed by atoms with Crippen LogP contribution in [-0.4, -0.2) is 35.6 Å². The van der Waals surface area contributed by atoms with Crippen molar-refractivity contribution < 1.29 is 18.7 Å². The average Bonchev–Trinajstić information content (AvgIpc) is 3.38. The van der Waals surface area contributed by atoms with Gasteiger partial charge in [0.15, 0.2) is 5.17 Å². The van der Waals surface area contributed by atoms with Gasteiger partial charge < -0.3 is 9.15 Å². The fourth-order valence-corrected chi connectivity index (χ4v) is 4.16. The topological polar surface area (TPSA) is 72.1 Å². The molecule has 1 aromatic heterocycles. The molecule has 0 spiro atoms. The highest BCUT2D eigenvalue weighted by atomic mass is 32.2. The summed E-state index contributed by atoms with van der Waals surface area (Å²) in [6, 6.07) is 20.2. The van der Waals surface area contributed by atoms with Gasteiger partial charge in [-0.2, -0.15) is 0 Å². The smallest absolute Gasteiger partial charge is 0.337 e. The van der Waals surface area contributed by atoms with Gasteiger partial charge in [0.25, 0.3) is 5.91 Å². The summed E-state index contributed by atoms with van der Waals surface area (Å²) in [4.78, 5) is 31.4. The zero-order valence-corrected chi connectivity index (χ0v) is 17.9. The molecule has 3 aromatic rings. The number of aliphatic imine (C=N–C) groups is 1. The predicted molar refractivity (Wildman–Crippen MR) is 122 cm³/mol. The second-order valence-corrected chi connectivity index (χ2v) is 7.67. The number of furan rings is 1. The molecule has 0 bridgehead atoms. The molecule has 2 heterocycles. The Morgan fingerprint density at radius 1 is 1.13 bits per heavy atom. The standard InChI is InChI=1S/C24H20N2O4S/c1-3-26-22(27)21(31-24(26)25-18-10-5-4-6-11-18)15-19-12-13-20(30-19)16-8-7-9-17(14-16)23(28)29-2/h4-15H,3H2,1-2H3/b21-15-,25-24?. The van der Waals surface area contributed by atoms with Crippen molar-refractivity contribution in [3.05, 3.63) is 83.0 Å². The SMILES string of the molecule is CCN1C(=O)/C(=C/c2ccc(-c3cccc(C(=O)OC)c3)o2)SC1=Nc1ccccc1. The molecule has 0 atom stereocenters. The van der Waals surface area contributed by atoms with Gasteiger partial charge in [0.1, 0.15) is 11.5 Å². The number of thioether (sulfide) groups is 1. The Morgan fingerprint density at radius 2 is 1.94 bits per heavy atom. The Hall–Kier alpha value is -3.58. The summed E-state index contributed by atoms with van der Waals surface area (Å²) in [7, 11) is 1.34.